The Labute approximate surface area is 108 Å². The minimum absolute atomic E-state index is 0.422. The maximum absolute atomic E-state index is 11.1. The second-order valence-corrected chi connectivity index (χ2v) is 4.71. The Balaban J connectivity index is 1.95. The summed E-state index contributed by atoms with van der Waals surface area (Å²) in [4.78, 5) is 11.1. The molecular weight excluding hydrogens is 228 g/mol. The van der Waals surface area contributed by atoms with Crippen LogP contribution in [0.4, 0.5) is 10.5 Å². The molecule has 18 heavy (non-hydrogen) atoms. The quantitative estimate of drug-likeness (QED) is 0.863. The summed E-state index contributed by atoms with van der Waals surface area (Å²) in [5.74, 6) is 0.750. The molecule has 1 amide bonds. The molecule has 1 aliphatic rings. The van der Waals surface area contributed by atoms with Crippen molar-refractivity contribution in [3.8, 4) is 0 Å². The summed E-state index contributed by atoms with van der Waals surface area (Å²) in [5, 5.41) is 6.07. The number of methoxy groups -OCH3 is 1. The highest BCUT2D eigenvalue weighted by molar-refractivity contribution is 5.84. The first-order valence-corrected chi connectivity index (χ1v) is 6.42. The number of ether oxygens (including phenoxy) is 1. The number of nitrogens with one attached hydrogen (secondary N) is 2. The van der Waals surface area contributed by atoms with Crippen LogP contribution in [0.5, 0.6) is 0 Å². The minimum Gasteiger partial charge on any atom is -0.453 e. The highest BCUT2D eigenvalue weighted by atomic mass is 16.5. The van der Waals surface area contributed by atoms with Gasteiger partial charge in [-0.3, -0.25) is 5.32 Å². The zero-order chi connectivity index (χ0) is 12.8. The summed E-state index contributed by atoms with van der Waals surface area (Å²) in [6.45, 7) is 2.23. The smallest absolute Gasteiger partial charge is 0.411 e. The summed E-state index contributed by atoms with van der Waals surface area (Å²) in [6.07, 6.45) is 3.12. The molecule has 0 spiro atoms. The molecule has 0 saturated carbocycles. The van der Waals surface area contributed by atoms with Gasteiger partial charge in [0.15, 0.2) is 0 Å². The maximum Gasteiger partial charge on any atom is 0.411 e. The molecule has 1 saturated heterocycles. The number of anilines is 1. The highest BCUT2D eigenvalue weighted by Crippen LogP contribution is 2.20. The third kappa shape index (κ3) is 3.74. The van der Waals surface area contributed by atoms with Gasteiger partial charge in [-0.25, -0.2) is 4.79 Å². The Kier molecular flexibility index (Phi) is 4.59. The van der Waals surface area contributed by atoms with Crippen LogP contribution < -0.4 is 10.6 Å². The standard InChI is InChI=1S/C14H20N2O2/c1-18-14(17)16-13-4-2-3-12(10-13)9-11-5-7-15-8-6-11/h2-4,10-11,15H,5-9H2,1H3,(H,16,17). The third-order valence-corrected chi connectivity index (χ3v) is 3.34. The lowest BCUT2D eigenvalue weighted by molar-refractivity contribution is 0.187. The zero-order valence-corrected chi connectivity index (χ0v) is 10.7. The zero-order valence-electron chi connectivity index (χ0n) is 10.7. The van der Waals surface area contributed by atoms with Gasteiger partial charge in [0.2, 0.25) is 0 Å². The van der Waals surface area contributed by atoms with E-state index in [1.54, 1.807) is 0 Å². The van der Waals surface area contributed by atoms with Crippen molar-refractivity contribution in [1.82, 2.24) is 5.32 Å². The Bertz CT molecular complexity index is 401. The van der Waals surface area contributed by atoms with E-state index in [2.05, 4.69) is 21.4 Å². The first-order valence-electron chi connectivity index (χ1n) is 6.42. The van der Waals surface area contributed by atoms with Gasteiger partial charge in [0, 0.05) is 5.69 Å². The molecule has 0 aliphatic carbocycles. The van der Waals surface area contributed by atoms with Gasteiger partial charge >= 0.3 is 6.09 Å². The Morgan fingerprint density at radius 3 is 2.94 bits per heavy atom. The van der Waals surface area contributed by atoms with Crippen molar-refractivity contribution in [2.75, 3.05) is 25.5 Å². The normalized spacial score (nSPS) is 16.3. The van der Waals surface area contributed by atoms with Crippen LogP contribution in [0, 0.1) is 5.92 Å². The number of carbonyl (C=O) groups excluding carboxylic acids is 1. The van der Waals surface area contributed by atoms with Crippen molar-refractivity contribution < 1.29 is 9.53 Å². The highest BCUT2D eigenvalue weighted by Gasteiger charge is 2.13. The third-order valence-electron chi connectivity index (χ3n) is 3.34. The van der Waals surface area contributed by atoms with Crippen LogP contribution in [0.3, 0.4) is 0 Å². The number of rotatable bonds is 3. The molecule has 98 valence electrons. The molecule has 1 aliphatic heterocycles. The lowest BCUT2D eigenvalue weighted by Gasteiger charge is -2.22. The monoisotopic (exact) mass is 248 g/mol. The van der Waals surface area contributed by atoms with Crippen LogP contribution in [0.25, 0.3) is 0 Å². The van der Waals surface area contributed by atoms with Gasteiger partial charge in [-0.15, -0.1) is 0 Å². The van der Waals surface area contributed by atoms with E-state index in [4.69, 9.17) is 0 Å². The van der Waals surface area contributed by atoms with Crippen molar-refractivity contribution in [3.05, 3.63) is 29.8 Å². The predicted molar refractivity (Wildman–Crippen MR) is 71.8 cm³/mol. The van der Waals surface area contributed by atoms with E-state index < -0.39 is 6.09 Å². The molecule has 1 aromatic carbocycles. The summed E-state index contributed by atoms with van der Waals surface area (Å²) in [7, 11) is 1.37. The fourth-order valence-corrected chi connectivity index (χ4v) is 2.36. The topological polar surface area (TPSA) is 50.4 Å². The Hall–Kier alpha value is -1.55. The first-order chi connectivity index (χ1) is 8.78. The maximum atomic E-state index is 11.1. The van der Waals surface area contributed by atoms with E-state index in [1.807, 2.05) is 18.2 Å². The predicted octanol–water partition coefficient (Wildman–Crippen LogP) is 2.41. The molecule has 4 nitrogen and oxygen atoms in total. The van der Waals surface area contributed by atoms with Gasteiger partial charge in [-0.05, 0) is 56.0 Å². The van der Waals surface area contributed by atoms with Gasteiger partial charge in [0.1, 0.15) is 0 Å². The fraction of sp³-hybridized carbons (Fsp3) is 0.500. The van der Waals surface area contributed by atoms with Crippen LogP contribution >= 0.6 is 0 Å². The number of benzene rings is 1. The molecule has 0 bridgehead atoms. The van der Waals surface area contributed by atoms with Crippen molar-refractivity contribution in [1.29, 1.82) is 0 Å². The molecule has 2 N–H and O–H groups in total. The lowest BCUT2D eigenvalue weighted by atomic mass is 9.91. The molecule has 0 unspecified atom stereocenters. The van der Waals surface area contributed by atoms with Gasteiger partial charge in [0.05, 0.1) is 7.11 Å². The van der Waals surface area contributed by atoms with Crippen LogP contribution in [-0.2, 0) is 11.2 Å². The van der Waals surface area contributed by atoms with Crippen LogP contribution in [0.2, 0.25) is 0 Å². The van der Waals surface area contributed by atoms with E-state index in [-0.39, 0.29) is 0 Å². The number of hydrogen-bond acceptors (Lipinski definition) is 3. The number of carbonyl (C=O) groups is 1. The molecule has 1 heterocycles. The lowest BCUT2D eigenvalue weighted by Crippen LogP contribution is -2.28. The van der Waals surface area contributed by atoms with E-state index in [9.17, 15) is 4.79 Å². The molecular formula is C14H20N2O2. The summed E-state index contributed by atoms with van der Waals surface area (Å²) >= 11 is 0. The van der Waals surface area contributed by atoms with Gasteiger partial charge in [-0.2, -0.15) is 0 Å². The van der Waals surface area contributed by atoms with Gasteiger partial charge in [-0.1, -0.05) is 12.1 Å². The van der Waals surface area contributed by atoms with Crippen molar-refractivity contribution in [2.24, 2.45) is 5.92 Å². The molecule has 0 aromatic heterocycles. The second kappa shape index (κ2) is 6.40. The average molecular weight is 248 g/mol. The van der Waals surface area contributed by atoms with E-state index >= 15 is 0 Å². The van der Waals surface area contributed by atoms with Gasteiger partial charge in [0.25, 0.3) is 0 Å². The number of amides is 1. The Morgan fingerprint density at radius 1 is 1.44 bits per heavy atom. The second-order valence-electron chi connectivity index (χ2n) is 4.71. The van der Waals surface area contributed by atoms with E-state index in [0.29, 0.717) is 0 Å². The summed E-state index contributed by atoms with van der Waals surface area (Å²) < 4.78 is 4.59. The number of piperidine rings is 1. The average Bonchev–Trinajstić information content (AvgIpc) is 2.40. The molecule has 1 fully saturated rings. The van der Waals surface area contributed by atoms with E-state index in [0.717, 1.165) is 31.1 Å². The van der Waals surface area contributed by atoms with Crippen LogP contribution in [0.1, 0.15) is 18.4 Å². The van der Waals surface area contributed by atoms with Gasteiger partial charge < -0.3 is 10.1 Å². The van der Waals surface area contributed by atoms with Crippen LogP contribution in [-0.4, -0.2) is 26.3 Å². The fourth-order valence-electron chi connectivity index (χ4n) is 2.36. The van der Waals surface area contributed by atoms with E-state index in [1.165, 1.54) is 25.5 Å². The van der Waals surface area contributed by atoms with Crippen LogP contribution in [0.15, 0.2) is 24.3 Å². The van der Waals surface area contributed by atoms with Crippen molar-refractivity contribution in [3.63, 3.8) is 0 Å². The molecule has 4 heteroatoms. The van der Waals surface area contributed by atoms with Crippen molar-refractivity contribution >= 4 is 11.8 Å². The Morgan fingerprint density at radius 2 is 2.22 bits per heavy atom. The number of hydrogen-bond donors (Lipinski definition) is 2. The molecule has 2 rings (SSSR count). The minimum atomic E-state index is -0.422. The summed E-state index contributed by atoms with van der Waals surface area (Å²) in [5.41, 5.74) is 2.07. The molecule has 0 radical (unpaired) electrons. The molecule has 1 aromatic rings. The summed E-state index contributed by atoms with van der Waals surface area (Å²) in [6, 6.07) is 7.99. The SMILES string of the molecule is COC(=O)Nc1cccc(CC2CCNCC2)c1. The first kappa shape index (κ1) is 12.9. The van der Waals surface area contributed by atoms with Crippen molar-refractivity contribution in [2.45, 2.75) is 19.3 Å². The largest absolute Gasteiger partial charge is 0.453 e. The molecule has 0 atom stereocenters.